The minimum Gasteiger partial charge on any atom is -0.350 e. The SMILES string of the molecule is Cc1cc(=O)n(CC(=O)NCc2sc(-c3ccccc3)nc2C)cn1. The Morgan fingerprint density at radius 2 is 2.00 bits per heavy atom. The Balaban J connectivity index is 1.64. The molecule has 3 aromatic rings. The topological polar surface area (TPSA) is 76.9 Å². The van der Waals surface area contributed by atoms with E-state index in [2.05, 4.69) is 15.3 Å². The van der Waals surface area contributed by atoms with E-state index in [1.807, 2.05) is 37.3 Å². The third kappa shape index (κ3) is 4.19. The molecule has 1 amide bonds. The number of aromatic nitrogens is 3. The van der Waals surface area contributed by atoms with Gasteiger partial charge in [0.05, 0.1) is 18.6 Å². The van der Waals surface area contributed by atoms with Crippen LogP contribution in [-0.2, 0) is 17.9 Å². The predicted molar refractivity (Wildman–Crippen MR) is 97.4 cm³/mol. The van der Waals surface area contributed by atoms with Crippen molar-refractivity contribution >= 4 is 17.2 Å². The van der Waals surface area contributed by atoms with Gasteiger partial charge < -0.3 is 5.32 Å². The zero-order chi connectivity index (χ0) is 17.8. The van der Waals surface area contributed by atoms with Gasteiger partial charge in [-0.3, -0.25) is 14.2 Å². The van der Waals surface area contributed by atoms with Gasteiger partial charge in [0.15, 0.2) is 0 Å². The fourth-order valence-corrected chi connectivity index (χ4v) is 3.33. The molecule has 7 heteroatoms. The minimum atomic E-state index is -0.234. The summed E-state index contributed by atoms with van der Waals surface area (Å²) in [6, 6.07) is 11.3. The fraction of sp³-hybridized carbons (Fsp3) is 0.222. The number of aryl methyl sites for hydroxylation is 2. The standard InChI is InChI=1S/C18H18N4O2S/c1-12-8-17(24)22(11-20-12)10-16(23)19-9-15-13(2)21-18(25-15)14-6-4-3-5-7-14/h3-8,11H,9-10H2,1-2H3,(H,19,23). The number of hydrogen-bond acceptors (Lipinski definition) is 5. The molecule has 0 aliphatic rings. The number of nitrogens with zero attached hydrogens (tertiary/aromatic N) is 3. The molecule has 0 radical (unpaired) electrons. The molecular formula is C18H18N4O2S. The van der Waals surface area contributed by atoms with Crippen molar-refractivity contribution in [3.8, 4) is 10.6 Å². The van der Waals surface area contributed by atoms with Crippen molar-refractivity contribution in [2.24, 2.45) is 0 Å². The Hall–Kier alpha value is -2.80. The fourth-order valence-electron chi connectivity index (χ4n) is 2.32. The number of amides is 1. The Bertz CT molecular complexity index is 947. The van der Waals surface area contributed by atoms with Gasteiger partial charge in [0, 0.05) is 22.2 Å². The largest absolute Gasteiger partial charge is 0.350 e. The molecule has 0 aliphatic heterocycles. The average molecular weight is 354 g/mol. The van der Waals surface area contributed by atoms with Gasteiger partial charge in [-0.05, 0) is 13.8 Å². The first-order valence-electron chi connectivity index (χ1n) is 7.84. The van der Waals surface area contributed by atoms with E-state index in [-0.39, 0.29) is 18.0 Å². The normalized spacial score (nSPS) is 10.6. The van der Waals surface area contributed by atoms with Crippen LogP contribution in [0.4, 0.5) is 0 Å². The summed E-state index contributed by atoms with van der Waals surface area (Å²) in [5.74, 6) is -0.234. The second-order valence-electron chi connectivity index (χ2n) is 5.67. The second-order valence-corrected chi connectivity index (χ2v) is 6.75. The Morgan fingerprint density at radius 3 is 2.72 bits per heavy atom. The van der Waals surface area contributed by atoms with Crippen molar-refractivity contribution in [3.05, 3.63) is 69.3 Å². The molecule has 1 N–H and O–H groups in total. The molecule has 2 heterocycles. The zero-order valence-electron chi connectivity index (χ0n) is 14.0. The highest BCUT2D eigenvalue weighted by Gasteiger charge is 2.11. The van der Waals surface area contributed by atoms with E-state index in [0.717, 1.165) is 21.1 Å². The summed E-state index contributed by atoms with van der Waals surface area (Å²) in [7, 11) is 0. The molecule has 0 bridgehead atoms. The first kappa shape index (κ1) is 17.0. The lowest BCUT2D eigenvalue weighted by molar-refractivity contribution is -0.121. The summed E-state index contributed by atoms with van der Waals surface area (Å²) in [5, 5.41) is 3.77. The molecule has 0 saturated carbocycles. The average Bonchev–Trinajstić information content (AvgIpc) is 2.97. The third-order valence-corrected chi connectivity index (χ3v) is 4.90. The highest BCUT2D eigenvalue weighted by Crippen LogP contribution is 2.27. The first-order valence-corrected chi connectivity index (χ1v) is 8.66. The highest BCUT2D eigenvalue weighted by atomic mass is 32.1. The lowest BCUT2D eigenvalue weighted by Crippen LogP contribution is -2.31. The van der Waals surface area contributed by atoms with Crippen LogP contribution in [0, 0.1) is 13.8 Å². The lowest BCUT2D eigenvalue weighted by Gasteiger charge is -2.06. The number of hydrogen-bond donors (Lipinski definition) is 1. The van der Waals surface area contributed by atoms with Crippen LogP contribution in [0.3, 0.4) is 0 Å². The summed E-state index contributed by atoms with van der Waals surface area (Å²) in [6.45, 7) is 4.01. The maximum absolute atomic E-state index is 12.1. The maximum atomic E-state index is 12.1. The molecule has 6 nitrogen and oxygen atoms in total. The first-order chi connectivity index (χ1) is 12.0. The van der Waals surface area contributed by atoms with Crippen LogP contribution in [0.25, 0.3) is 10.6 Å². The molecule has 0 aliphatic carbocycles. The van der Waals surface area contributed by atoms with E-state index in [1.54, 1.807) is 18.3 Å². The quantitative estimate of drug-likeness (QED) is 0.763. The summed E-state index contributed by atoms with van der Waals surface area (Å²) < 4.78 is 1.29. The number of nitrogens with one attached hydrogen (secondary N) is 1. The molecule has 0 saturated heterocycles. The van der Waals surface area contributed by atoms with E-state index in [0.29, 0.717) is 12.2 Å². The Kier molecular flexibility index (Phi) is 5.04. The minimum absolute atomic E-state index is 0.0461. The third-order valence-electron chi connectivity index (χ3n) is 3.69. The summed E-state index contributed by atoms with van der Waals surface area (Å²) in [5.41, 5.74) is 2.36. The van der Waals surface area contributed by atoms with Crippen LogP contribution in [0.5, 0.6) is 0 Å². The van der Waals surface area contributed by atoms with Crippen LogP contribution < -0.4 is 10.9 Å². The number of carbonyl (C=O) groups excluding carboxylic acids is 1. The molecule has 1 aromatic carbocycles. The molecule has 0 fully saturated rings. The van der Waals surface area contributed by atoms with Crippen molar-refractivity contribution in [2.45, 2.75) is 26.9 Å². The molecule has 3 rings (SSSR count). The van der Waals surface area contributed by atoms with Gasteiger partial charge in [-0.25, -0.2) is 9.97 Å². The van der Waals surface area contributed by atoms with Gasteiger partial charge in [0.1, 0.15) is 11.6 Å². The number of rotatable bonds is 5. The zero-order valence-corrected chi connectivity index (χ0v) is 14.8. The highest BCUT2D eigenvalue weighted by molar-refractivity contribution is 7.15. The van der Waals surface area contributed by atoms with E-state index in [4.69, 9.17) is 0 Å². The van der Waals surface area contributed by atoms with Gasteiger partial charge in [0.25, 0.3) is 5.56 Å². The summed E-state index contributed by atoms with van der Waals surface area (Å²) >= 11 is 1.56. The van der Waals surface area contributed by atoms with Gasteiger partial charge in [-0.2, -0.15) is 0 Å². The summed E-state index contributed by atoms with van der Waals surface area (Å²) in [4.78, 5) is 33.5. The Morgan fingerprint density at radius 1 is 1.24 bits per heavy atom. The molecule has 0 unspecified atom stereocenters. The second kappa shape index (κ2) is 7.40. The van der Waals surface area contributed by atoms with Crippen LogP contribution in [-0.4, -0.2) is 20.4 Å². The van der Waals surface area contributed by atoms with Crippen molar-refractivity contribution in [1.29, 1.82) is 0 Å². The molecule has 0 atom stereocenters. The van der Waals surface area contributed by atoms with Gasteiger partial charge in [-0.15, -0.1) is 11.3 Å². The predicted octanol–water partition coefficient (Wildman–Crippen LogP) is 2.30. The smallest absolute Gasteiger partial charge is 0.253 e. The van der Waals surface area contributed by atoms with Crippen LogP contribution in [0.15, 0.2) is 47.5 Å². The molecule has 128 valence electrons. The monoisotopic (exact) mass is 354 g/mol. The molecule has 0 spiro atoms. The van der Waals surface area contributed by atoms with Gasteiger partial charge in [0.2, 0.25) is 5.91 Å². The Labute approximate surface area is 149 Å². The van der Waals surface area contributed by atoms with E-state index >= 15 is 0 Å². The van der Waals surface area contributed by atoms with E-state index in [1.165, 1.54) is 17.0 Å². The number of thiazole rings is 1. The summed E-state index contributed by atoms with van der Waals surface area (Å²) in [6.07, 6.45) is 1.39. The van der Waals surface area contributed by atoms with Gasteiger partial charge in [-0.1, -0.05) is 30.3 Å². The molecule has 2 aromatic heterocycles. The van der Waals surface area contributed by atoms with Crippen LogP contribution in [0.2, 0.25) is 0 Å². The van der Waals surface area contributed by atoms with Crippen molar-refractivity contribution in [3.63, 3.8) is 0 Å². The van der Waals surface area contributed by atoms with Crippen molar-refractivity contribution in [2.75, 3.05) is 0 Å². The lowest BCUT2D eigenvalue weighted by atomic mass is 10.2. The number of benzene rings is 1. The van der Waals surface area contributed by atoms with Gasteiger partial charge >= 0.3 is 0 Å². The van der Waals surface area contributed by atoms with Crippen LogP contribution >= 0.6 is 11.3 Å². The van der Waals surface area contributed by atoms with E-state index < -0.39 is 0 Å². The van der Waals surface area contributed by atoms with Crippen molar-refractivity contribution < 1.29 is 4.79 Å². The van der Waals surface area contributed by atoms with Crippen LogP contribution in [0.1, 0.15) is 16.3 Å². The maximum Gasteiger partial charge on any atom is 0.253 e. The molecular weight excluding hydrogens is 336 g/mol. The van der Waals surface area contributed by atoms with Crippen molar-refractivity contribution in [1.82, 2.24) is 19.9 Å². The number of carbonyl (C=O) groups is 1. The molecule has 25 heavy (non-hydrogen) atoms. The van der Waals surface area contributed by atoms with E-state index in [9.17, 15) is 9.59 Å².